The molecule has 2 aromatic carbocycles. The Balaban J connectivity index is 1.75. The molecule has 0 saturated heterocycles. The number of ketones is 1. The standard InChI is InChI=1S/C23H23NO6/c1-29-22-9-14(4-8-21(22)27)3-5-17(25)11-15(23(28)30-2)10-16-13-24-20-7-6-18(26)12-19(16)20/h3-9,12-13,15,24,26-27H,10-11H2,1-2H3/b5-3+/t15-/m1/s1. The molecule has 3 N–H and O–H groups in total. The summed E-state index contributed by atoms with van der Waals surface area (Å²) in [4.78, 5) is 27.9. The van der Waals surface area contributed by atoms with Crippen LogP contribution in [-0.2, 0) is 20.7 Å². The zero-order chi connectivity index (χ0) is 21.7. The van der Waals surface area contributed by atoms with Gasteiger partial charge in [-0.25, -0.2) is 0 Å². The maximum absolute atomic E-state index is 12.5. The quantitative estimate of drug-likeness (QED) is 0.388. The molecule has 0 spiro atoms. The van der Waals surface area contributed by atoms with Gasteiger partial charge in [0, 0.05) is 23.5 Å². The number of carbonyl (C=O) groups is 2. The lowest BCUT2D eigenvalue weighted by molar-refractivity contribution is -0.146. The molecule has 0 bridgehead atoms. The van der Waals surface area contributed by atoms with E-state index < -0.39 is 11.9 Å². The van der Waals surface area contributed by atoms with Gasteiger partial charge in [0.15, 0.2) is 17.3 Å². The smallest absolute Gasteiger partial charge is 0.309 e. The maximum atomic E-state index is 12.5. The fourth-order valence-corrected chi connectivity index (χ4v) is 3.30. The van der Waals surface area contributed by atoms with E-state index in [1.54, 1.807) is 42.6 Å². The molecule has 1 atom stereocenters. The zero-order valence-corrected chi connectivity index (χ0v) is 16.7. The van der Waals surface area contributed by atoms with E-state index in [2.05, 4.69) is 4.98 Å². The number of rotatable bonds is 8. The maximum Gasteiger partial charge on any atom is 0.309 e. The van der Waals surface area contributed by atoms with Crippen molar-refractivity contribution in [2.45, 2.75) is 12.8 Å². The molecule has 30 heavy (non-hydrogen) atoms. The molecule has 7 heteroatoms. The van der Waals surface area contributed by atoms with Gasteiger partial charge in [0.25, 0.3) is 0 Å². The number of benzene rings is 2. The minimum absolute atomic E-state index is 0.0106. The molecule has 0 amide bonds. The molecule has 0 aliphatic carbocycles. The van der Waals surface area contributed by atoms with Crippen LogP contribution >= 0.6 is 0 Å². The summed E-state index contributed by atoms with van der Waals surface area (Å²) in [6, 6.07) is 9.68. The summed E-state index contributed by atoms with van der Waals surface area (Å²) >= 11 is 0. The van der Waals surface area contributed by atoms with Gasteiger partial charge in [0.05, 0.1) is 20.1 Å². The van der Waals surface area contributed by atoms with Crippen molar-refractivity contribution in [3.05, 3.63) is 59.8 Å². The third-order valence-corrected chi connectivity index (χ3v) is 4.86. The van der Waals surface area contributed by atoms with Crippen molar-refractivity contribution in [3.8, 4) is 17.2 Å². The number of nitrogens with one attached hydrogen (secondary N) is 1. The average Bonchev–Trinajstić information content (AvgIpc) is 3.13. The zero-order valence-electron chi connectivity index (χ0n) is 16.7. The number of carbonyl (C=O) groups excluding carboxylic acids is 2. The fourth-order valence-electron chi connectivity index (χ4n) is 3.30. The predicted octanol–water partition coefficient (Wildman–Crippen LogP) is 3.59. The Bertz CT molecular complexity index is 1100. The molecule has 1 aromatic heterocycles. The monoisotopic (exact) mass is 409 g/mol. The van der Waals surface area contributed by atoms with Crippen LogP contribution in [-0.4, -0.2) is 41.2 Å². The number of hydrogen-bond acceptors (Lipinski definition) is 6. The number of ether oxygens (including phenoxy) is 2. The van der Waals surface area contributed by atoms with Crippen molar-refractivity contribution in [3.63, 3.8) is 0 Å². The van der Waals surface area contributed by atoms with E-state index >= 15 is 0 Å². The summed E-state index contributed by atoms with van der Waals surface area (Å²) in [6.45, 7) is 0. The van der Waals surface area contributed by atoms with E-state index in [0.29, 0.717) is 17.7 Å². The van der Waals surface area contributed by atoms with Crippen LogP contribution in [0.1, 0.15) is 17.5 Å². The van der Waals surface area contributed by atoms with Crippen molar-refractivity contribution in [2.24, 2.45) is 5.92 Å². The number of aromatic hydroxyl groups is 2. The van der Waals surface area contributed by atoms with E-state index in [0.717, 1.165) is 16.5 Å². The summed E-state index contributed by atoms with van der Waals surface area (Å²) in [5, 5.41) is 20.2. The van der Waals surface area contributed by atoms with Gasteiger partial charge in [-0.1, -0.05) is 12.1 Å². The topological polar surface area (TPSA) is 109 Å². The minimum atomic E-state index is -0.664. The van der Waals surface area contributed by atoms with Crippen molar-refractivity contribution in [2.75, 3.05) is 14.2 Å². The van der Waals surface area contributed by atoms with Crippen LogP contribution in [0.5, 0.6) is 17.2 Å². The van der Waals surface area contributed by atoms with Crippen LogP contribution in [0.3, 0.4) is 0 Å². The van der Waals surface area contributed by atoms with Gasteiger partial charge in [-0.15, -0.1) is 0 Å². The molecule has 1 heterocycles. The number of aromatic nitrogens is 1. The molecular formula is C23H23NO6. The Morgan fingerprint density at radius 3 is 2.67 bits per heavy atom. The van der Waals surface area contributed by atoms with E-state index in [-0.39, 0.29) is 23.7 Å². The highest BCUT2D eigenvalue weighted by Gasteiger charge is 2.23. The summed E-state index contributed by atoms with van der Waals surface area (Å²) in [7, 11) is 2.73. The Morgan fingerprint density at radius 1 is 1.13 bits per heavy atom. The number of phenols is 2. The number of methoxy groups -OCH3 is 2. The van der Waals surface area contributed by atoms with Crippen LogP contribution in [0.4, 0.5) is 0 Å². The molecule has 0 aliphatic heterocycles. The normalized spacial score (nSPS) is 12.2. The summed E-state index contributed by atoms with van der Waals surface area (Å²) in [6.07, 6.45) is 5.03. The van der Waals surface area contributed by atoms with Crippen LogP contribution < -0.4 is 4.74 Å². The molecule has 156 valence electrons. The first kappa shape index (κ1) is 21.0. The van der Waals surface area contributed by atoms with Gasteiger partial charge in [-0.3, -0.25) is 9.59 Å². The van der Waals surface area contributed by atoms with E-state index in [1.807, 2.05) is 0 Å². The third-order valence-electron chi connectivity index (χ3n) is 4.86. The van der Waals surface area contributed by atoms with E-state index in [4.69, 9.17) is 9.47 Å². The second-order valence-corrected chi connectivity index (χ2v) is 6.90. The molecular weight excluding hydrogens is 386 g/mol. The lowest BCUT2D eigenvalue weighted by Gasteiger charge is -2.12. The van der Waals surface area contributed by atoms with Gasteiger partial charge in [-0.05, 0) is 54.0 Å². The minimum Gasteiger partial charge on any atom is -0.508 e. The first-order valence-corrected chi connectivity index (χ1v) is 9.36. The molecule has 3 rings (SSSR count). The number of aromatic amines is 1. The first-order valence-electron chi connectivity index (χ1n) is 9.36. The SMILES string of the molecule is COC(=O)[C@@H](CC(=O)/C=C/c1ccc(O)c(OC)c1)Cc1c[nH]c2ccc(O)cc12. The lowest BCUT2D eigenvalue weighted by atomic mass is 9.93. The predicted molar refractivity (Wildman–Crippen MR) is 112 cm³/mol. The van der Waals surface area contributed by atoms with Gasteiger partial charge < -0.3 is 24.7 Å². The number of allylic oxidation sites excluding steroid dienone is 1. The molecule has 3 aromatic rings. The van der Waals surface area contributed by atoms with Crippen molar-refractivity contribution in [1.29, 1.82) is 0 Å². The average molecular weight is 409 g/mol. The summed E-state index contributed by atoms with van der Waals surface area (Å²) in [5.41, 5.74) is 2.33. The number of hydrogen-bond donors (Lipinski definition) is 3. The number of fused-ring (bicyclic) bond motifs is 1. The largest absolute Gasteiger partial charge is 0.508 e. The van der Waals surface area contributed by atoms with Gasteiger partial charge >= 0.3 is 5.97 Å². The Labute approximate surface area is 173 Å². The lowest BCUT2D eigenvalue weighted by Crippen LogP contribution is -2.21. The molecule has 7 nitrogen and oxygen atoms in total. The molecule has 0 aliphatic rings. The molecule has 0 radical (unpaired) electrons. The molecule has 0 saturated carbocycles. The third kappa shape index (κ3) is 4.81. The van der Waals surface area contributed by atoms with Gasteiger partial charge in [0.1, 0.15) is 5.75 Å². The second kappa shape index (κ2) is 9.17. The van der Waals surface area contributed by atoms with E-state index in [1.165, 1.54) is 26.4 Å². The van der Waals surface area contributed by atoms with Crippen LogP contribution in [0, 0.1) is 5.92 Å². The number of H-pyrrole nitrogens is 1. The fraction of sp³-hybridized carbons (Fsp3) is 0.217. The Morgan fingerprint density at radius 2 is 1.93 bits per heavy atom. The van der Waals surface area contributed by atoms with Crippen molar-refractivity contribution >= 4 is 28.7 Å². The highest BCUT2D eigenvalue weighted by molar-refractivity contribution is 5.96. The molecule has 0 fully saturated rings. The Kier molecular flexibility index (Phi) is 6.41. The van der Waals surface area contributed by atoms with Crippen LogP contribution in [0.25, 0.3) is 17.0 Å². The van der Waals surface area contributed by atoms with E-state index in [9.17, 15) is 19.8 Å². The van der Waals surface area contributed by atoms with Crippen LogP contribution in [0.2, 0.25) is 0 Å². The van der Waals surface area contributed by atoms with Gasteiger partial charge in [0.2, 0.25) is 0 Å². The molecule has 0 unspecified atom stereocenters. The Hall–Kier alpha value is -3.74. The first-order chi connectivity index (χ1) is 14.4. The van der Waals surface area contributed by atoms with Crippen molar-refractivity contribution < 1.29 is 29.3 Å². The summed E-state index contributed by atoms with van der Waals surface area (Å²) < 4.78 is 9.94. The number of phenolic OH excluding ortho intramolecular Hbond substituents is 2. The number of esters is 1. The second-order valence-electron chi connectivity index (χ2n) is 6.90. The van der Waals surface area contributed by atoms with Crippen molar-refractivity contribution in [1.82, 2.24) is 4.98 Å². The summed E-state index contributed by atoms with van der Waals surface area (Å²) in [5.74, 6) is -0.932. The van der Waals surface area contributed by atoms with Crippen LogP contribution in [0.15, 0.2) is 48.7 Å². The highest BCUT2D eigenvalue weighted by atomic mass is 16.5. The highest BCUT2D eigenvalue weighted by Crippen LogP contribution is 2.28. The van der Waals surface area contributed by atoms with Gasteiger partial charge in [-0.2, -0.15) is 0 Å².